The topological polar surface area (TPSA) is 67.9 Å². The van der Waals surface area contributed by atoms with Gasteiger partial charge in [-0.15, -0.1) is 0 Å². The molecule has 0 bridgehead atoms. The molecule has 0 amide bonds. The Hall–Kier alpha value is -2.61. The van der Waals surface area contributed by atoms with Crippen molar-refractivity contribution in [2.45, 2.75) is 12.8 Å². The molecule has 5 heteroatoms. The highest BCUT2D eigenvalue weighted by atomic mass is 16.5. The molecule has 5 nitrogen and oxygen atoms in total. The summed E-state index contributed by atoms with van der Waals surface area (Å²) in [7, 11) is 0. The van der Waals surface area contributed by atoms with Crippen LogP contribution in [0.2, 0.25) is 0 Å². The maximum Gasteiger partial charge on any atom is 0.338 e. The number of aromatic nitrogens is 2. The van der Waals surface area contributed by atoms with E-state index in [2.05, 4.69) is 4.98 Å². The second kappa shape index (κ2) is 6.36. The molecule has 0 unspecified atom stereocenters. The third-order valence-electron chi connectivity index (χ3n) is 2.57. The highest BCUT2D eigenvalue weighted by molar-refractivity contribution is 5.89. The van der Waals surface area contributed by atoms with Gasteiger partial charge >= 0.3 is 5.97 Å². The number of hydrogen-bond acceptors (Lipinski definition) is 4. The second-order valence-electron chi connectivity index (χ2n) is 3.91. The largest absolute Gasteiger partial charge is 0.462 e. The van der Waals surface area contributed by atoms with Crippen LogP contribution in [0.15, 0.2) is 43.0 Å². The lowest BCUT2D eigenvalue weighted by atomic mass is 10.2. The number of imidazole rings is 1. The number of nitriles is 1. The van der Waals surface area contributed by atoms with Crippen LogP contribution in [0, 0.1) is 11.3 Å². The average Bonchev–Trinajstić information content (AvgIpc) is 2.98. The van der Waals surface area contributed by atoms with Gasteiger partial charge in [0.2, 0.25) is 0 Å². The summed E-state index contributed by atoms with van der Waals surface area (Å²) >= 11 is 0. The van der Waals surface area contributed by atoms with E-state index in [1.54, 1.807) is 24.7 Å². The summed E-state index contributed by atoms with van der Waals surface area (Å²) in [5.74, 6) is -0.366. The van der Waals surface area contributed by atoms with Crippen molar-refractivity contribution in [3.63, 3.8) is 0 Å². The van der Waals surface area contributed by atoms with E-state index in [0.29, 0.717) is 18.4 Å². The highest BCUT2D eigenvalue weighted by Gasteiger charge is 2.06. The first-order valence-electron chi connectivity index (χ1n) is 5.94. The molecule has 0 aliphatic rings. The Morgan fingerprint density at radius 2 is 2.16 bits per heavy atom. The van der Waals surface area contributed by atoms with E-state index in [0.717, 1.165) is 5.69 Å². The first kappa shape index (κ1) is 12.8. The molecule has 0 saturated carbocycles. The second-order valence-corrected chi connectivity index (χ2v) is 3.91. The summed E-state index contributed by atoms with van der Waals surface area (Å²) in [6, 6.07) is 9.08. The van der Waals surface area contributed by atoms with Gasteiger partial charge < -0.3 is 9.30 Å². The van der Waals surface area contributed by atoms with Crippen LogP contribution >= 0.6 is 0 Å². The normalized spacial score (nSPS) is 9.84. The summed E-state index contributed by atoms with van der Waals surface area (Å²) in [6.45, 7) is 0.273. The van der Waals surface area contributed by atoms with Crippen molar-refractivity contribution in [3.05, 3.63) is 48.5 Å². The zero-order valence-corrected chi connectivity index (χ0v) is 10.3. The van der Waals surface area contributed by atoms with E-state index in [-0.39, 0.29) is 12.6 Å². The SMILES string of the molecule is N#CCCCOC(=O)c1ccc(-n2ccnc2)cc1. The minimum atomic E-state index is -0.366. The molecule has 0 radical (unpaired) electrons. The maximum atomic E-state index is 11.7. The smallest absolute Gasteiger partial charge is 0.338 e. The van der Waals surface area contributed by atoms with Gasteiger partial charge in [0.1, 0.15) is 0 Å². The third-order valence-corrected chi connectivity index (χ3v) is 2.57. The molecule has 0 saturated heterocycles. The van der Waals surface area contributed by atoms with Crippen molar-refractivity contribution in [3.8, 4) is 11.8 Å². The number of esters is 1. The predicted molar refractivity (Wildman–Crippen MR) is 68.7 cm³/mol. The lowest BCUT2D eigenvalue weighted by molar-refractivity contribution is 0.0501. The molecular formula is C14H13N3O2. The van der Waals surface area contributed by atoms with Gasteiger partial charge in [-0.1, -0.05) is 0 Å². The molecule has 0 N–H and O–H groups in total. The lowest BCUT2D eigenvalue weighted by Gasteiger charge is -2.05. The fraction of sp³-hybridized carbons (Fsp3) is 0.214. The summed E-state index contributed by atoms with van der Waals surface area (Å²) in [5.41, 5.74) is 1.43. The molecule has 0 aliphatic carbocycles. The molecule has 96 valence electrons. The summed E-state index contributed by atoms with van der Waals surface area (Å²) in [6.07, 6.45) is 6.17. The zero-order valence-electron chi connectivity index (χ0n) is 10.3. The number of ether oxygens (including phenoxy) is 1. The number of rotatable bonds is 5. The third kappa shape index (κ3) is 3.42. The number of carbonyl (C=O) groups is 1. The molecule has 0 atom stereocenters. The Morgan fingerprint density at radius 1 is 1.37 bits per heavy atom. The van der Waals surface area contributed by atoms with Crippen molar-refractivity contribution in [2.24, 2.45) is 0 Å². The molecule has 2 rings (SSSR count). The Balaban J connectivity index is 1.95. The minimum Gasteiger partial charge on any atom is -0.462 e. The molecule has 1 aromatic carbocycles. The standard InChI is InChI=1S/C14H13N3O2/c15-7-1-2-10-19-14(18)12-3-5-13(6-4-12)17-9-8-16-11-17/h3-6,8-9,11H,1-2,10H2. The molecule has 19 heavy (non-hydrogen) atoms. The van der Waals surface area contributed by atoms with Gasteiger partial charge in [-0.3, -0.25) is 0 Å². The quantitative estimate of drug-likeness (QED) is 0.607. The van der Waals surface area contributed by atoms with E-state index >= 15 is 0 Å². The molecule has 0 aliphatic heterocycles. The molecule has 2 aromatic rings. The Labute approximate surface area is 111 Å². The van der Waals surface area contributed by atoms with Crippen molar-refractivity contribution >= 4 is 5.97 Å². The monoisotopic (exact) mass is 255 g/mol. The van der Waals surface area contributed by atoms with Crippen molar-refractivity contribution in [1.82, 2.24) is 9.55 Å². The van der Waals surface area contributed by atoms with Gasteiger partial charge in [0.15, 0.2) is 0 Å². The molecular weight excluding hydrogens is 242 g/mol. The van der Waals surface area contributed by atoms with Gasteiger partial charge in [-0.2, -0.15) is 5.26 Å². The number of benzene rings is 1. The highest BCUT2D eigenvalue weighted by Crippen LogP contribution is 2.10. The number of hydrogen-bond donors (Lipinski definition) is 0. The summed E-state index contributed by atoms with van der Waals surface area (Å²) in [5, 5.41) is 8.37. The van der Waals surface area contributed by atoms with Crippen molar-refractivity contribution < 1.29 is 9.53 Å². The van der Waals surface area contributed by atoms with E-state index in [1.807, 2.05) is 29.0 Å². The Kier molecular flexibility index (Phi) is 4.29. The van der Waals surface area contributed by atoms with Crippen LogP contribution in [-0.2, 0) is 4.74 Å². The van der Waals surface area contributed by atoms with Crippen LogP contribution in [0.3, 0.4) is 0 Å². The Morgan fingerprint density at radius 3 is 2.79 bits per heavy atom. The van der Waals surface area contributed by atoms with Gasteiger partial charge in [0.25, 0.3) is 0 Å². The van der Waals surface area contributed by atoms with E-state index in [4.69, 9.17) is 10.00 Å². The van der Waals surface area contributed by atoms with Crippen LogP contribution < -0.4 is 0 Å². The minimum absolute atomic E-state index is 0.273. The number of unbranched alkanes of at least 4 members (excludes halogenated alkanes) is 1. The van der Waals surface area contributed by atoms with E-state index in [9.17, 15) is 4.79 Å². The van der Waals surface area contributed by atoms with Crippen LogP contribution in [0.4, 0.5) is 0 Å². The van der Waals surface area contributed by atoms with Crippen molar-refractivity contribution in [2.75, 3.05) is 6.61 Å². The van der Waals surface area contributed by atoms with Crippen LogP contribution in [0.1, 0.15) is 23.2 Å². The van der Waals surface area contributed by atoms with Gasteiger partial charge in [-0.05, 0) is 30.7 Å². The fourth-order valence-electron chi connectivity index (χ4n) is 1.58. The number of carbonyl (C=O) groups excluding carboxylic acids is 1. The van der Waals surface area contributed by atoms with E-state index < -0.39 is 0 Å². The van der Waals surface area contributed by atoms with Gasteiger partial charge in [-0.25, -0.2) is 9.78 Å². The van der Waals surface area contributed by atoms with Gasteiger partial charge in [0.05, 0.1) is 24.6 Å². The predicted octanol–water partition coefficient (Wildman–Crippen LogP) is 2.33. The number of nitrogens with zero attached hydrogens (tertiary/aromatic N) is 3. The molecule has 0 spiro atoms. The molecule has 1 heterocycles. The Bertz CT molecular complexity index is 568. The van der Waals surface area contributed by atoms with Crippen LogP contribution in [-0.4, -0.2) is 22.1 Å². The van der Waals surface area contributed by atoms with Crippen LogP contribution in [0.5, 0.6) is 0 Å². The molecule has 0 fully saturated rings. The van der Waals surface area contributed by atoms with Gasteiger partial charge in [0, 0.05) is 24.5 Å². The average molecular weight is 255 g/mol. The first-order chi connectivity index (χ1) is 9.31. The lowest BCUT2D eigenvalue weighted by Crippen LogP contribution is -2.06. The first-order valence-corrected chi connectivity index (χ1v) is 5.94. The maximum absolute atomic E-state index is 11.7. The fourth-order valence-corrected chi connectivity index (χ4v) is 1.58. The summed E-state index contributed by atoms with van der Waals surface area (Å²) < 4.78 is 6.90. The molecule has 1 aromatic heterocycles. The zero-order chi connectivity index (χ0) is 13.5. The van der Waals surface area contributed by atoms with Crippen molar-refractivity contribution in [1.29, 1.82) is 5.26 Å². The summed E-state index contributed by atoms with van der Waals surface area (Å²) in [4.78, 5) is 15.6. The van der Waals surface area contributed by atoms with Crippen LogP contribution in [0.25, 0.3) is 5.69 Å². The van der Waals surface area contributed by atoms with E-state index in [1.165, 1.54) is 0 Å².